The fourth-order valence-electron chi connectivity index (χ4n) is 5.12. The molecule has 0 aromatic heterocycles. The van der Waals surface area contributed by atoms with Gasteiger partial charge in [0, 0.05) is 12.1 Å². The molecule has 33 heavy (non-hydrogen) atoms. The van der Waals surface area contributed by atoms with Gasteiger partial charge in [-0.25, -0.2) is 4.39 Å². The second kappa shape index (κ2) is 9.80. The van der Waals surface area contributed by atoms with Crippen LogP contribution in [0, 0.1) is 5.82 Å². The van der Waals surface area contributed by atoms with Gasteiger partial charge in [0.15, 0.2) is 0 Å². The van der Waals surface area contributed by atoms with E-state index in [2.05, 4.69) is 10.2 Å². The molecular formula is C24H24Cl2F4N2O. The molecule has 4 rings (SSSR count). The number of carbonyl (C=O) groups is 1. The zero-order valence-electron chi connectivity index (χ0n) is 17.8. The van der Waals surface area contributed by atoms with Crippen LogP contribution in [-0.4, -0.2) is 29.4 Å². The van der Waals surface area contributed by atoms with Crippen LogP contribution in [-0.2, 0) is 6.18 Å². The number of hydrogen-bond donors (Lipinski definition) is 1. The van der Waals surface area contributed by atoms with Gasteiger partial charge >= 0.3 is 6.18 Å². The molecule has 9 heteroatoms. The van der Waals surface area contributed by atoms with E-state index in [1.807, 2.05) is 0 Å². The highest BCUT2D eigenvalue weighted by Gasteiger charge is 2.39. The third kappa shape index (κ3) is 5.15. The lowest BCUT2D eigenvalue weighted by atomic mass is 9.84. The van der Waals surface area contributed by atoms with E-state index < -0.39 is 40.1 Å². The molecule has 2 saturated heterocycles. The lowest BCUT2D eigenvalue weighted by Gasteiger charge is -2.48. The van der Waals surface area contributed by atoms with Crippen LogP contribution in [0.3, 0.4) is 0 Å². The summed E-state index contributed by atoms with van der Waals surface area (Å²) >= 11 is 12.1. The standard InChI is InChI=1S/C24H24Cl2F4N2O/c25-18-12-11-17(24(28,29)30)21(26)20(18)23(33)31-22(14-7-9-15(27)10-8-14)19-6-3-5-16-4-1-2-13-32(16)19/h7-12,16,19,22H,1-6,13H2,(H,31,33). The molecule has 0 bridgehead atoms. The van der Waals surface area contributed by atoms with Gasteiger partial charge in [-0.05, 0) is 62.1 Å². The smallest absolute Gasteiger partial charge is 0.344 e. The Hall–Kier alpha value is -1.83. The molecule has 0 aliphatic carbocycles. The highest BCUT2D eigenvalue weighted by atomic mass is 35.5. The van der Waals surface area contributed by atoms with Crippen LogP contribution >= 0.6 is 23.2 Å². The van der Waals surface area contributed by atoms with E-state index in [9.17, 15) is 22.4 Å². The number of hydrogen-bond acceptors (Lipinski definition) is 2. The molecule has 2 heterocycles. The number of carbonyl (C=O) groups excluding carboxylic acids is 1. The van der Waals surface area contributed by atoms with Crippen LogP contribution in [0.1, 0.15) is 66.1 Å². The first-order chi connectivity index (χ1) is 15.7. The summed E-state index contributed by atoms with van der Waals surface area (Å²) in [6.45, 7) is 0.883. The van der Waals surface area contributed by atoms with Gasteiger partial charge in [0.2, 0.25) is 0 Å². The van der Waals surface area contributed by atoms with Crippen molar-refractivity contribution < 1.29 is 22.4 Å². The predicted octanol–water partition coefficient (Wildman–Crippen LogP) is 7.03. The summed E-state index contributed by atoms with van der Waals surface area (Å²) in [5, 5.41) is 2.00. The van der Waals surface area contributed by atoms with Gasteiger partial charge < -0.3 is 5.32 Å². The second-order valence-corrected chi connectivity index (χ2v) is 9.46. The molecule has 0 spiro atoms. The first kappa shape index (κ1) is 24.3. The maximum atomic E-state index is 13.6. The molecule has 0 radical (unpaired) electrons. The Balaban J connectivity index is 1.70. The number of halogens is 6. The molecule has 0 saturated carbocycles. The predicted molar refractivity (Wildman–Crippen MR) is 120 cm³/mol. The Morgan fingerprint density at radius 2 is 1.70 bits per heavy atom. The van der Waals surface area contributed by atoms with E-state index in [0.29, 0.717) is 11.6 Å². The zero-order valence-corrected chi connectivity index (χ0v) is 19.3. The van der Waals surface area contributed by atoms with E-state index in [1.165, 1.54) is 12.1 Å². The van der Waals surface area contributed by atoms with Crippen molar-refractivity contribution in [2.24, 2.45) is 0 Å². The lowest BCUT2D eigenvalue weighted by Crippen LogP contribution is -2.54. The molecular weight excluding hydrogens is 479 g/mol. The molecule has 1 N–H and O–H groups in total. The van der Waals surface area contributed by atoms with E-state index in [4.69, 9.17) is 23.2 Å². The van der Waals surface area contributed by atoms with Gasteiger partial charge in [-0.1, -0.05) is 48.2 Å². The molecule has 178 valence electrons. The van der Waals surface area contributed by atoms with Crippen LogP contribution < -0.4 is 5.32 Å². The minimum atomic E-state index is -4.72. The van der Waals surface area contributed by atoms with Gasteiger partial charge in [0.05, 0.1) is 27.2 Å². The first-order valence-electron chi connectivity index (χ1n) is 11.0. The molecule has 3 unspecified atom stereocenters. The highest BCUT2D eigenvalue weighted by molar-refractivity contribution is 6.40. The summed E-state index contributed by atoms with van der Waals surface area (Å²) in [5.74, 6) is -1.20. The zero-order chi connectivity index (χ0) is 23.8. The van der Waals surface area contributed by atoms with Crippen LogP contribution in [0.4, 0.5) is 17.6 Å². The van der Waals surface area contributed by atoms with Crippen molar-refractivity contribution in [2.45, 2.75) is 62.8 Å². The Labute approximate surface area is 200 Å². The van der Waals surface area contributed by atoms with Gasteiger partial charge in [-0.15, -0.1) is 0 Å². The van der Waals surface area contributed by atoms with Crippen LogP contribution in [0.2, 0.25) is 10.0 Å². The van der Waals surface area contributed by atoms with Gasteiger partial charge in [0.1, 0.15) is 5.82 Å². The van der Waals surface area contributed by atoms with Crippen LogP contribution in [0.25, 0.3) is 0 Å². The van der Waals surface area contributed by atoms with E-state index in [1.54, 1.807) is 12.1 Å². The number of benzene rings is 2. The van der Waals surface area contributed by atoms with Crippen molar-refractivity contribution in [3.63, 3.8) is 0 Å². The van der Waals surface area contributed by atoms with Crippen molar-refractivity contribution >= 4 is 29.1 Å². The Morgan fingerprint density at radius 1 is 1.00 bits per heavy atom. The fourth-order valence-corrected chi connectivity index (χ4v) is 5.77. The van der Waals surface area contributed by atoms with E-state index in [-0.39, 0.29) is 11.1 Å². The number of alkyl halides is 3. The van der Waals surface area contributed by atoms with E-state index in [0.717, 1.165) is 57.2 Å². The molecule has 1 amide bonds. The fraction of sp³-hybridized carbons (Fsp3) is 0.458. The van der Waals surface area contributed by atoms with Crippen molar-refractivity contribution in [1.29, 1.82) is 0 Å². The third-order valence-electron chi connectivity index (χ3n) is 6.66. The number of nitrogens with zero attached hydrogens (tertiary/aromatic N) is 1. The number of piperidine rings is 2. The summed E-state index contributed by atoms with van der Waals surface area (Å²) in [6.07, 6.45) is 1.40. The van der Waals surface area contributed by atoms with Crippen molar-refractivity contribution in [3.05, 3.63) is 69.0 Å². The number of nitrogens with one attached hydrogen (secondary N) is 1. The summed E-state index contributed by atoms with van der Waals surface area (Å²) in [4.78, 5) is 15.7. The van der Waals surface area contributed by atoms with Gasteiger partial charge in [-0.3, -0.25) is 9.69 Å². The Bertz CT molecular complexity index is 1010. The number of rotatable bonds is 4. The maximum Gasteiger partial charge on any atom is 0.417 e. The van der Waals surface area contributed by atoms with Crippen molar-refractivity contribution in [2.75, 3.05) is 6.54 Å². The van der Waals surface area contributed by atoms with Crippen LogP contribution in [0.5, 0.6) is 0 Å². The maximum absolute atomic E-state index is 13.6. The average Bonchev–Trinajstić information content (AvgIpc) is 2.77. The minimum absolute atomic E-state index is 0.0678. The Morgan fingerprint density at radius 3 is 2.39 bits per heavy atom. The lowest BCUT2D eigenvalue weighted by molar-refractivity contribution is -0.137. The van der Waals surface area contributed by atoms with Gasteiger partial charge in [-0.2, -0.15) is 13.2 Å². The SMILES string of the molecule is O=C(NC(c1ccc(F)cc1)C1CCCC2CCCCN21)c1c(Cl)ccc(C(F)(F)F)c1Cl. The van der Waals surface area contributed by atoms with Crippen molar-refractivity contribution in [1.82, 2.24) is 10.2 Å². The number of fused-ring (bicyclic) bond motifs is 1. The molecule has 2 aliphatic heterocycles. The van der Waals surface area contributed by atoms with Crippen LogP contribution in [0.15, 0.2) is 36.4 Å². The minimum Gasteiger partial charge on any atom is -0.344 e. The largest absolute Gasteiger partial charge is 0.417 e. The summed E-state index contributed by atoms with van der Waals surface area (Å²) in [7, 11) is 0. The second-order valence-electron chi connectivity index (χ2n) is 8.67. The highest BCUT2D eigenvalue weighted by Crippen LogP contribution is 2.40. The molecule has 3 atom stereocenters. The molecule has 2 fully saturated rings. The summed E-state index contributed by atoms with van der Waals surface area (Å²) in [6, 6.07) is 7.40. The molecule has 2 aromatic carbocycles. The molecule has 2 aromatic rings. The quantitative estimate of drug-likeness (QED) is 0.455. The van der Waals surface area contributed by atoms with E-state index >= 15 is 0 Å². The Kier molecular flexibility index (Phi) is 7.22. The number of amides is 1. The van der Waals surface area contributed by atoms with Gasteiger partial charge in [0.25, 0.3) is 5.91 Å². The normalized spacial score (nSPS) is 22.5. The average molecular weight is 503 g/mol. The summed E-state index contributed by atoms with van der Waals surface area (Å²) < 4.78 is 53.7. The monoisotopic (exact) mass is 502 g/mol. The van der Waals surface area contributed by atoms with Crippen molar-refractivity contribution in [3.8, 4) is 0 Å². The first-order valence-corrected chi connectivity index (χ1v) is 11.8. The topological polar surface area (TPSA) is 32.3 Å². The summed E-state index contributed by atoms with van der Waals surface area (Å²) in [5.41, 5.74) is -0.850. The molecule has 3 nitrogen and oxygen atoms in total. The molecule has 2 aliphatic rings. The third-order valence-corrected chi connectivity index (χ3v) is 7.37.